The maximum atomic E-state index is 2.25. The topological polar surface area (TPSA) is 13.0 Å². The minimum Gasteiger partial charge on any atom is -0.479 e. The zero-order valence-electron chi connectivity index (χ0n) is 30.2. The van der Waals surface area contributed by atoms with Crippen LogP contribution < -0.4 is 19.6 Å². The van der Waals surface area contributed by atoms with Crippen LogP contribution in [0.15, 0.2) is 73.3 Å². The van der Waals surface area contributed by atoms with Crippen molar-refractivity contribution in [2.45, 2.75) is 83.1 Å². The van der Waals surface area contributed by atoms with Gasteiger partial charge in [-0.15, -0.1) is 13.3 Å². The Morgan fingerprint density at radius 3 is 0.596 bits per heavy atom. The Hall–Kier alpha value is -3.95. The van der Waals surface area contributed by atoms with Crippen LogP contribution in [0.25, 0.3) is 0 Å². The van der Waals surface area contributed by atoms with Crippen molar-refractivity contribution in [3.8, 4) is 0 Å². The molecule has 0 fully saturated rings. The molecule has 2 heterocycles. The van der Waals surface area contributed by atoms with Gasteiger partial charge < -0.3 is 19.6 Å². The Morgan fingerprint density at radius 1 is 0.298 bits per heavy atom. The summed E-state index contributed by atoms with van der Waals surface area (Å²) in [4.78, 5) is 8.90. The minimum absolute atomic E-state index is 0. The van der Waals surface area contributed by atoms with Crippen LogP contribution in [-0.2, 0) is 16.5 Å². The molecule has 0 spiro atoms. The standard InChI is InChI=1S/2C21H25N2.Ni/c2*1-14-9-16(3)20(17(4)10-14)22-7-8-23(13-22)21-18(5)11-15(2)12-19(21)6;/h2*7-13H,1-6H3;/q2*-1;+2. The van der Waals surface area contributed by atoms with E-state index in [1.807, 2.05) is 0 Å². The summed E-state index contributed by atoms with van der Waals surface area (Å²) in [5.74, 6) is 0. The van der Waals surface area contributed by atoms with E-state index in [1.165, 1.54) is 89.5 Å². The summed E-state index contributed by atoms with van der Waals surface area (Å²) >= 11 is 0. The molecule has 2 aliphatic rings. The smallest absolute Gasteiger partial charge is 0.479 e. The number of hydrogen-bond donors (Lipinski definition) is 0. The van der Waals surface area contributed by atoms with E-state index < -0.39 is 0 Å². The fourth-order valence-corrected chi connectivity index (χ4v) is 7.56. The Kier molecular flexibility index (Phi) is 11.0. The van der Waals surface area contributed by atoms with Gasteiger partial charge in [0.1, 0.15) is 0 Å². The molecular weight excluding hydrogens is 619 g/mol. The molecule has 0 saturated heterocycles. The molecule has 0 saturated carbocycles. The average molecular weight is 670 g/mol. The molecular formula is C42H50N4Ni. The van der Waals surface area contributed by atoms with Crippen LogP contribution in [0.1, 0.15) is 66.8 Å². The molecule has 0 aromatic heterocycles. The van der Waals surface area contributed by atoms with Gasteiger partial charge in [0.15, 0.2) is 0 Å². The van der Waals surface area contributed by atoms with Crippen LogP contribution in [0, 0.1) is 96.4 Å². The molecule has 0 aliphatic carbocycles. The second-order valence-corrected chi connectivity index (χ2v) is 13.4. The molecule has 248 valence electrons. The molecule has 0 N–H and O–H groups in total. The second kappa shape index (κ2) is 14.4. The Labute approximate surface area is 294 Å². The molecule has 4 aromatic carbocycles. The van der Waals surface area contributed by atoms with Crippen LogP contribution in [0.5, 0.6) is 0 Å². The summed E-state index contributed by atoms with van der Waals surface area (Å²) < 4.78 is 0. The summed E-state index contributed by atoms with van der Waals surface area (Å²) in [5, 5.41) is 0. The number of anilines is 4. The SMILES string of the molecule is Cc1cc(C)c(N2C=CN(c3c(C)cc(C)cc3C)[CH-]2)c(C)c1.Cc1cc(C)c(N2C=CN(c3c(C)cc(C)cc3C)[CH-]2)c(C)c1.[Ni+2]. The molecule has 0 bridgehead atoms. The van der Waals surface area contributed by atoms with Gasteiger partial charge in [-0.3, -0.25) is 0 Å². The number of rotatable bonds is 4. The maximum Gasteiger partial charge on any atom is 2.00 e. The monoisotopic (exact) mass is 668 g/mol. The zero-order valence-corrected chi connectivity index (χ0v) is 31.2. The summed E-state index contributed by atoms with van der Waals surface area (Å²) in [6.07, 6.45) is 8.57. The van der Waals surface area contributed by atoms with E-state index in [-0.39, 0.29) is 16.5 Å². The van der Waals surface area contributed by atoms with Gasteiger partial charge in [-0.05, 0) is 152 Å². The summed E-state index contributed by atoms with van der Waals surface area (Å²) in [6.45, 7) is 30.4. The van der Waals surface area contributed by atoms with Crippen LogP contribution >= 0.6 is 0 Å². The van der Waals surface area contributed by atoms with Crippen LogP contribution in [0.3, 0.4) is 0 Å². The van der Waals surface area contributed by atoms with Gasteiger partial charge in [0.2, 0.25) is 0 Å². The Morgan fingerprint density at radius 2 is 0.447 bits per heavy atom. The largest absolute Gasteiger partial charge is 2.00 e. The van der Waals surface area contributed by atoms with E-state index in [1.54, 1.807) is 0 Å². The van der Waals surface area contributed by atoms with Gasteiger partial charge in [-0.1, -0.05) is 70.8 Å². The third kappa shape index (κ3) is 7.63. The Bertz CT molecular complexity index is 1490. The molecule has 6 rings (SSSR count). The van der Waals surface area contributed by atoms with Crippen LogP contribution in [0.2, 0.25) is 0 Å². The third-order valence-corrected chi connectivity index (χ3v) is 8.85. The van der Waals surface area contributed by atoms with Crippen molar-refractivity contribution in [1.82, 2.24) is 0 Å². The van der Waals surface area contributed by atoms with Crippen LogP contribution in [0.4, 0.5) is 22.7 Å². The van der Waals surface area contributed by atoms with E-state index in [0.717, 1.165) is 0 Å². The predicted octanol–water partition coefficient (Wildman–Crippen LogP) is 10.9. The molecule has 5 heteroatoms. The first kappa shape index (κ1) is 35.9. The van der Waals surface area contributed by atoms with Crippen molar-refractivity contribution in [3.05, 3.63) is 153 Å². The van der Waals surface area contributed by atoms with E-state index >= 15 is 0 Å². The van der Waals surface area contributed by atoms with Crippen molar-refractivity contribution in [2.24, 2.45) is 0 Å². The number of hydrogen-bond acceptors (Lipinski definition) is 4. The van der Waals surface area contributed by atoms with Gasteiger partial charge in [-0.2, -0.15) is 0 Å². The average Bonchev–Trinajstić information content (AvgIpc) is 3.57. The summed E-state index contributed by atoms with van der Waals surface area (Å²) in [6, 6.07) is 18.0. The fourth-order valence-electron chi connectivity index (χ4n) is 7.56. The van der Waals surface area contributed by atoms with Crippen molar-refractivity contribution in [1.29, 1.82) is 0 Å². The molecule has 0 amide bonds. The van der Waals surface area contributed by atoms with Crippen LogP contribution in [-0.4, -0.2) is 0 Å². The van der Waals surface area contributed by atoms with Crippen molar-refractivity contribution in [2.75, 3.05) is 19.6 Å². The minimum atomic E-state index is 0. The Balaban J connectivity index is 0.000000208. The number of aryl methyl sites for hydroxylation is 12. The molecule has 0 radical (unpaired) electrons. The van der Waals surface area contributed by atoms with Gasteiger partial charge in [0.25, 0.3) is 0 Å². The zero-order chi connectivity index (χ0) is 33.4. The fraction of sp³-hybridized carbons (Fsp3) is 0.286. The van der Waals surface area contributed by atoms with Crippen molar-refractivity contribution in [3.63, 3.8) is 0 Å². The molecule has 47 heavy (non-hydrogen) atoms. The quantitative estimate of drug-likeness (QED) is 0.158. The second-order valence-electron chi connectivity index (χ2n) is 13.4. The first-order chi connectivity index (χ1) is 21.7. The molecule has 0 atom stereocenters. The number of benzene rings is 4. The normalized spacial score (nSPS) is 13.7. The first-order valence-corrected chi connectivity index (χ1v) is 16.2. The van der Waals surface area contributed by atoms with E-state index in [9.17, 15) is 0 Å². The van der Waals surface area contributed by atoms with Gasteiger partial charge in [-0.25, -0.2) is 0 Å². The van der Waals surface area contributed by atoms with E-state index in [4.69, 9.17) is 0 Å². The maximum absolute atomic E-state index is 2.25. The summed E-state index contributed by atoms with van der Waals surface area (Å²) in [5.41, 5.74) is 20.8. The van der Waals surface area contributed by atoms with E-state index in [2.05, 4.69) is 189 Å². The predicted molar refractivity (Wildman–Crippen MR) is 199 cm³/mol. The molecule has 2 aliphatic heterocycles. The molecule has 0 unspecified atom stereocenters. The summed E-state index contributed by atoms with van der Waals surface area (Å²) in [7, 11) is 0. The number of nitrogens with zero attached hydrogens (tertiary/aromatic N) is 4. The van der Waals surface area contributed by atoms with Crippen molar-refractivity contribution < 1.29 is 16.5 Å². The molecule has 4 aromatic rings. The first-order valence-electron chi connectivity index (χ1n) is 16.2. The van der Waals surface area contributed by atoms with Crippen molar-refractivity contribution >= 4 is 22.7 Å². The van der Waals surface area contributed by atoms with Gasteiger partial charge in [0, 0.05) is 22.7 Å². The third-order valence-electron chi connectivity index (χ3n) is 8.85. The van der Waals surface area contributed by atoms with E-state index in [0.29, 0.717) is 0 Å². The molecule has 4 nitrogen and oxygen atoms in total. The van der Waals surface area contributed by atoms with Gasteiger partial charge >= 0.3 is 16.5 Å². The van der Waals surface area contributed by atoms with Gasteiger partial charge in [0.05, 0.1) is 0 Å².